The molecule has 0 radical (unpaired) electrons. The first-order valence-corrected chi connectivity index (χ1v) is 9.07. The Morgan fingerprint density at radius 3 is 2.10 bits per heavy atom. The van der Waals surface area contributed by atoms with Gasteiger partial charge in [0.2, 0.25) is 0 Å². The second kappa shape index (κ2) is 7.31. The Balaban J connectivity index is 1.69. The van der Waals surface area contributed by atoms with E-state index < -0.39 is 23.6 Å². The number of nitrogens with zero attached hydrogens (tertiary/aromatic N) is 1. The topological polar surface area (TPSA) is 63.7 Å². The third-order valence-corrected chi connectivity index (χ3v) is 5.10. The first-order valence-electron chi connectivity index (χ1n) is 8.32. The highest BCUT2D eigenvalue weighted by atomic mass is 35.5. The van der Waals surface area contributed by atoms with Crippen molar-refractivity contribution >= 4 is 41.0 Å². The smallest absolute Gasteiger partial charge is 0.324 e. The van der Waals surface area contributed by atoms with E-state index in [-0.39, 0.29) is 27.3 Å². The molecular formula is C21H10Cl2FNO4. The van der Waals surface area contributed by atoms with Gasteiger partial charge in [0.15, 0.2) is 0 Å². The van der Waals surface area contributed by atoms with Crippen LogP contribution in [-0.2, 0) is 4.84 Å². The van der Waals surface area contributed by atoms with Crippen LogP contribution in [0.25, 0.3) is 11.1 Å². The quantitative estimate of drug-likeness (QED) is 0.538. The molecule has 1 heterocycles. The fraction of sp³-hybridized carbons (Fsp3) is 0. The molecule has 1 aliphatic rings. The predicted octanol–water partition coefficient (Wildman–Crippen LogP) is 5.17. The summed E-state index contributed by atoms with van der Waals surface area (Å²) in [6, 6.07) is 14.0. The lowest BCUT2D eigenvalue weighted by molar-refractivity contribution is -0.0584. The molecule has 144 valence electrons. The summed E-state index contributed by atoms with van der Waals surface area (Å²) in [6.45, 7) is 0. The van der Waals surface area contributed by atoms with Crippen molar-refractivity contribution in [1.82, 2.24) is 5.06 Å². The number of carbonyl (C=O) groups is 3. The number of halogens is 3. The number of rotatable bonds is 3. The zero-order valence-corrected chi connectivity index (χ0v) is 16.0. The molecule has 1 aliphatic heterocycles. The summed E-state index contributed by atoms with van der Waals surface area (Å²) >= 11 is 11.9. The van der Waals surface area contributed by atoms with E-state index in [0.29, 0.717) is 15.6 Å². The van der Waals surface area contributed by atoms with Crippen LogP contribution in [0.2, 0.25) is 10.0 Å². The molecule has 0 saturated carbocycles. The van der Waals surface area contributed by atoms with Gasteiger partial charge in [-0.15, -0.1) is 0 Å². The summed E-state index contributed by atoms with van der Waals surface area (Å²) < 4.78 is 13.9. The predicted molar refractivity (Wildman–Crippen MR) is 104 cm³/mol. The fourth-order valence-corrected chi connectivity index (χ4v) is 3.28. The van der Waals surface area contributed by atoms with Gasteiger partial charge in [0.25, 0.3) is 11.8 Å². The maximum absolute atomic E-state index is 13.9. The minimum atomic E-state index is -0.999. The van der Waals surface area contributed by atoms with Crippen LogP contribution in [0.1, 0.15) is 31.1 Å². The number of hydrogen-bond acceptors (Lipinski definition) is 4. The maximum Gasteiger partial charge on any atom is 0.364 e. The van der Waals surface area contributed by atoms with Crippen molar-refractivity contribution < 1.29 is 23.6 Å². The molecule has 29 heavy (non-hydrogen) atoms. The Kier molecular flexibility index (Phi) is 4.82. The van der Waals surface area contributed by atoms with E-state index in [1.54, 1.807) is 18.2 Å². The van der Waals surface area contributed by atoms with Gasteiger partial charge in [-0.25, -0.2) is 9.18 Å². The second-order valence-electron chi connectivity index (χ2n) is 6.15. The van der Waals surface area contributed by atoms with Crippen LogP contribution in [0, 0.1) is 5.82 Å². The van der Waals surface area contributed by atoms with Gasteiger partial charge in [-0.1, -0.05) is 46.5 Å². The second-order valence-corrected chi connectivity index (χ2v) is 6.96. The Morgan fingerprint density at radius 2 is 1.48 bits per heavy atom. The van der Waals surface area contributed by atoms with Crippen LogP contribution in [0.5, 0.6) is 0 Å². The molecular weight excluding hydrogens is 420 g/mol. The number of imide groups is 1. The zero-order chi connectivity index (χ0) is 20.7. The van der Waals surface area contributed by atoms with Crippen LogP contribution in [-0.4, -0.2) is 22.8 Å². The Labute approximate surface area is 174 Å². The van der Waals surface area contributed by atoms with Gasteiger partial charge >= 0.3 is 5.97 Å². The van der Waals surface area contributed by atoms with Crippen LogP contribution >= 0.6 is 23.2 Å². The van der Waals surface area contributed by atoms with Crippen LogP contribution in [0.15, 0.2) is 60.7 Å². The highest BCUT2D eigenvalue weighted by Crippen LogP contribution is 2.32. The lowest BCUT2D eigenvalue weighted by Crippen LogP contribution is -2.32. The molecule has 3 aromatic rings. The number of benzene rings is 3. The van der Waals surface area contributed by atoms with E-state index >= 15 is 0 Å². The first kappa shape index (κ1) is 19.1. The van der Waals surface area contributed by atoms with Crippen molar-refractivity contribution in [1.29, 1.82) is 0 Å². The van der Waals surface area contributed by atoms with E-state index in [4.69, 9.17) is 28.0 Å². The van der Waals surface area contributed by atoms with E-state index in [2.05, 4.69) is 0 Å². The van der Waals surface area contributed by atoms with E-state index in [0.717, 1.165) is 12.1 Å². The largest absolute Gasteiger partial charge is 0.364 e. The molecule has 0 bridgehead atoms. The average molecular weight is 430 g/mol. The van der Waals surface area contributed by atoms with Crippen molar-refractivity contribution in [2.75, 3.05) is 0 Å². The summed E-state index contributed by atoms with van der Waals surface area (Å²) in [5.41, 5.74) is 0.794. The van der Waals surface area contributed by atoms with Gasteiger partial charge in [0.05, 0.1) is 26.7 Å². The molecule has 5 nitrogen and oxygen atoms in total. The SMILES string of the molecule is O=C(ON1C(=O)c2ccccc2C1=O)c1ccc(F)cc1-c1ccc(Cl)c(Cl)c1. The minimum absolute atomic E-state index is 0.0543. The maximum atomic E-state index is 13.9. The molecule has 0 N–H and O–H groups in total. The Hall–Kier alpha value is -3.22. The number of hydrogen-bond donors (Lipinski definition) is 0. The first-order chi connectivity index (χ1) is 13.9. The molecule has 0 aliphatic carbocycles. The third kappa shape index (κ3) is 3.37. The van der Waals surface area contributed by atoms with Gasteiger partial charge in [-0.2, -0.15) is 0 Å². The van der Waals surface area contributed by atoms with Crippen molar-refractivity contribution in [2.45, 2.75) is 0 Å². The Morgan fingerprint density at radius 1 is 0.828 bits per heavy atom. The van der Waals surface area contributed by atoms with Gasteiger partial charge in [0, 0.05) is 0 Å². The lowest BCUT2D eigenvalue weighted by Gasteiger charge is -2.15. The summed E-state index contributed by atoms with van der Waals surface area (Å²) in [5.74, 6) is -3.10. The van der Waals surface area contributed by atoms with Crippen molar-refractivity contribution in [3.8, 4) is 11.1 Å². The van der Waals surface area contributed by atoms with Crippen LogP contribution < -0.4 is 0 Å². The summed E-state index contributed by atoms with van der Waals surface area (Å²) in [4.78, 5) is 42.6. The molecule has 3 aromatic carbocycles. The van der Waals surface area contributed by atoms with Gasteiger partial charge in [-0.3, -0.25) is 9.59 Å². The zero-order valence-electron chi connectivity index (χ0n) is 14.5. The molecule has 0 fully saturated rings. The average Bonchev–Trinajstić information content (AvgIpc) is 2.95. The van der Waals surface area contributed by atoms with Crippen molar-refractivity contribution in [3.05, 3.63) is 93.2 Å². The Bertz CT molecular complexity index is 1160. The molecule has 0 unspecified atom stereocenters. The molecule has 2 amide bonds. The summed E-state index contributed by atoms with van der Waals surface area (Å²) in [7, 11) is 0. The third-order valence-electron chi connectivity index (χ3n) is 4.36. The van der Waals surface area contributed by atoms with Gasteiger partial charge < -0.3 is 4.84 Å². The van der Waals surface area contributed by atoms with Crippen LogP contribution in [0.3, 0.4) is 0 Å². The van der Waals surface area contributed by atoms with Crippen molar-refractivity contribution in [2.24, 2.45) is 0 Å². The van der Waals surface area contributed by atoms with E-state index in [9.17, 15) is 18.8 Å². The van der Waals surface area contributed by atoms with Crippen LogP contribution in [0.4, 0.5) is 4.39 Å². The lowest BCUT2D eigenvalue weighted by atomic mass is 9.99. The number of hydroxylamine groups is 2. The van der Waals surface area contributed by atoms with Gasteiger partial charge in [0.1, 0.15) is 5.82 Å². The normalized spacial score (nSPS) is 12.9. The number of fused-ring (bicyclic) bond motifs is 1. The summed E-state index contributed by atoms with van der Waals surface area (Å²) in [6.07, 6.45) is 0. The standard InChI is InChI=1S/C21H10Cl2FNO4/c22-17-8-5-11(9-18(17)23)16-10-12(24)6-7-15(16)21(28)29-25-19(26)13-3-1-2-4-14(13)20(25)27/h1-10H. The molecule has 8 heteroatoms. The van der Waals surface area contributed by atoms with Gasteiger partial charge in [-0.05, 0) is 53.6 Å². The monoisotopic (exact) mass is 429 g/mol. The molecule has 4 rings (SSSR count). The summed E-state index contributed by atoms with van der Waals surface area (Å²) in [5, 5.41) is 0.907. The molecule has 0 saturated heterocycles. The molecule has 0 atom stereocenters. The van der Waals surface area contributed by atoms with E-state index in [1.165, 1.54) is 30.3 Å². The highest BCUT2D eigenvalue weighted by molar-refractivity contribution is 6.42. The minimum Gasteiger partial charge on any atom is -0.324 e. The number of amides is 2. The van der Waals surface area contributed by atoms with Crippen molar-refractivity contribution in [3.63, 3.8) is 0 Å². The molecule has 0 aromatic heterocycles. The fourth-order valence-electron chi connectivity index (χ4n) is 2.98. The van der Waals surface area contributed by atoms with E-state index in [1.807, 2.05) is 0 Å². The molecule has 0 spiro atoms. The number of carbonyl (C=O) groups excluding carboxylic acids is 3. The highest BCUT2D eigenvalue weighted by Gasteiger charge is 2.39.